The lowest BCUT2D eigenvalue weighted by molar-refractivity contribution is 0.0163. The zero-order chi connectivity index (χ0) is 18.3. The number of carbonyl (C=O) groups excluding carboxylic acids is 2. The Morgan fingerprint density at radius 1 is 1.31 bits per heavy atom. The average molecular weight is 394 g/mol. The molecular weight excluding hydrogens is 381 g/mol. The van der Waals surface area contributed by atoms with E-state index in [0.717, 1.165) is 0 Å². The van der Waals surface area contributed by atoms with Gasteiger partial charge in [0.2, 0.25) is 0 Å². The lowest BCUT2D eigenvalue weighted by Gasteiger charge is -2.28. The van der Waals surface area contributed by atoms with Gasteiger partial charge >= 0.3 is 12.1 Å². The minimum absolute atomic E-state index is 0.118. The van der Waals surface area contributed by atoms with E-state index in [2.05, 4.69) is 10.3 Å². The molecule has 2 aliphatic rings. The molecule has 0 atom stereocenters. The summed E-state index contributed by atoms with van der Waals surface area (Å²) in [7, 11) is 0. The van der Waals surface area contributed by atoms with Crippen molar-refractivity contribution in [3.63, 3.8) is 0 Å². The molecule has 0 aliphatic carbocycles. The Bertz CT molecular complexity index is 884. The third-order valence-corrected chi connectivity index (χ3v) is 4.61. The smallest absolute Gasteiger partial charge is 0.420 e. The molecule has 0 spiro atoms. The van der Waals surface area contributed by atoms with Crippen LogP contribution in [0.25, 0.3) is 0 Å². The highest BCUT2D eigenvalue weighted by molar-refractivity contribution is 6.35. The number of aromatic nitrogens is 1. The molecule has 26 heavy (non-hydrogen) atoms. The van der Waals surface area contributed by atoms with Crippen molar-refractivity contribution in [2.45, 2.75) is 12.6 Å². The molecule has 0 radical (unpaired) electrons. The maximum absolute atomic E-state index is 12.3. The molecule has 1 aromatic heterocycles. The molecule has 4 rings (SSSR count). The zero-order valence-electron chi connectivity index (χ0n) is 13.4. The van der Waals surface area contributed by atoms with Gasteiger partial charge in [0.15, 0.2) is 5.75 Å². The van der Waals surface area contributed by atoms with Crippen LogP contribution in [-0.4, -0.2) is 36.2 Å². The fourth-order valence-electron chi connectivity index (χ4n) is 2.64. The van der Waals surface area contributed by atoms with Crippen LogP contribution in [0.4, 0.5) is 10.5 Å². The van der Waals surface area contributed by atoms with Crippen molar-refractivity contribution < 1.29 is 19.1 Å². The summed E-state index contributed by atoms with van der Waals surface area (Å²) in [4.78, 5) is 29.8. The highest BCUT2D eigenvalue weighted by Gasteiger charge is 2.29. The first-order valence-electron chi connectivity index (χ1n) is 7.86. The van der Waals surface area contributed by atoms with Crippen LogP contribution in [0.3, 0.4) is 0 Å². The topological polar surface area (TPSA) is 80.8 Å². The number of ether oxygens (including phenoxy) is 2. The van der Waals surface area contributed by atoms with Gasteiger partial charge in [-0.3, -0.25) is 4.90 Å². The number of pyridine rings is 1. The van der Waals surface area contributed by atoms with Crippen molar-refractivity contribution in [1.82, 2.24) is 10.3 Å². The molecular formula is C17H13Cl2N3O4. The number of hydrogen-bond acceptors (Lipinski definition) is 6. The number of amides is 1. The Morgan fingerprint density at radius 2 is 2.12 bits per heavy atom. The molecule has 1 N–H and O–H groups in total. The number of halogens is 2. The summed E-state index contributed by atoms with van der Waals surface area (Å²) in [6.07, 6.45) is 0.722. The number of carbonyl (C=O) groups is 2. The predicted octanol–water partition coefficient (Wildman–Crippen LogP) is 3.04. The molecule has 3 heterocycles. The van der Waals surface area contributed by atoms with Crippen LogP contribution in [0.15, 0.2) is 30.5 Å². The maximum atomic E-state index is 12.3. The van der Waals surface area contributed by atoms with Gasteiger partial charge in [-0.05, 0) is 24.3 Å². The number of anilines is 1. The van der Waals surface area contributed by atoms with Crippen molar-refractivity contribution in [3.05, 3.63) is 51.8 Å². The molecule has 134 valence electrons. The molecule has 0 bridgehead atoms. The number of fused-ring (bicyclic) bond motifs is 1. The van der Waals surface area contributed by atoms with Crippen LogP contribution in [0.2, 0.25) is 10.0 Å². The lowest BCUT2D eigenvalue weighted by atomic mass is 10.1. The van der Waals surface area contributed by atoms with Crippen molar-refractivity contribution in [1.29, 1.82) is 0 Å². The van der Waals surface area contributed by atoms with E-state index in [1.807, 2.05) is 0 Å². The fraction of sp³-hybridized carbons (Fsp3) is 0.235. The third kappa shape index (κ3) is 3.21. The summed E-state index contributed by atoms with van der Waals surface area (Å²) < 4.78 is 10.6. The highest BCUT2D eigenvalue weighted by atomic mass is 35.5. The van der Waals surface area contributed by atoms with E-state index >= 15 is 0 Å². The predicted molar refractivity (Wildman–Crippen MR) is 95.0 cm³/mol. The van der Waals surface area contributed by atoms with Gasteiger partial charge in [0.25, 0.3) is 0 Å². The van der Waals surface area contributed by atoms with E-state index in [4.69, 9.17) is 32.7 Å². The zero-order valence-corrected chi connectivity index (χ0v) is 14.9. The van der Waals surface area contributed by atoms with E-state index in [9.17, 15) is 9.59 Å². The van der Waals surface area contributed by atoms with Gasteiger partial charge in [0, 0.05) is 23.7 Å². The number of nitrogens with zero attached hydrogens (tertiary/aromatic N) is 2. The van der Waals surface area contributed by atoms with Gasteiger partial charge < -0.3 is 14.8 Å². The number of nitrogens with one attached hydrogen (secondary N) is 1. The number of rotatable bonds is 3. The molecule has 2 aliphatic heterocycles. The SMILES string of the molecule is O=C(OC1CNC1)c1ccc(N2Cc3cc(Cl)cc(Cl)c3OC2=O)cn1. The average Bonchev–Trinajstić information content (AvgIpc) is 2.58. The summed E-state index contributed by atoms with van der Waals surface area (Å²) in [5.41, 5.74) is 1.35. The van der Waals surface area contributed by atoms with Crippen molar-refractivity contribution >= 4 is 41.0 Å². The third-order valence-electron chi connectivity index (χ3n) is 4.11. The second kappa shape index (κ2) is 6.75. The normalized spacial score (nSPS) is 16.5. The largest absolute Gasteiger partial charge is 0.455 e. The highest BCUT2D eigenvalue weighted by Crippen LogP contribution is 2.37. The second-order valence-corrected chi connectivity index (χ2v) is 6.76. The van der Waals surface area contributed by atoms with Gasteiger partial charge in [-0.2, -0.15) is 0 Å². The molecule has 1 aromatic carbocycles. The van der Waals surface area contributed by atoms with Gasteiger partial charge in [0.1, 0.15) is 11.8 Å². The first-order valence-corrected chi connectivity index (χ1v) is 8.62. The van der Waals surface area contributed by atoms with E-state index in [0.29, 0.717) is 35.1 Å². The maximum Gasteiger partial charge on any atom is 0.420 e. The molecule has 7 nitrogen and oxygen atoms in total. The van der Waals surface area contributed by atoms with Crippen LogP contribution in [-0.2, 0) is 11.3 Å². The molecule has 9 heteroatoms. The van der Waals surface area contributed by atoms with E-state index in [1.54, 1.807) is 12.1 Å². The Balaban J connectivity index is 1.53. The lowest BCUT2D eigenvalue weighted by Crippen LogP contribution is -2.49. The van der Waals surface area contributed by atoms with E-state index in [-0.39, 0.29) is 23.4 Å². The number of hydrogen-bond donors (Lipinski definition) is 1. The van der Waals surface area contributed by atoms with Crippen LogP contribution in [0, 0.1) is 0 Å². The van der Waals surface area contributed by atoms with Crippen LogP contribution < -0.4 is 15.0 Å². The summed E-state index contributed by atoms with van der Waals surface area (Å²) >= 11 is 12.1. The molecule has 1 saturated heterocycles. The van der Waals surface area contributed by atoms with Crippen LogP contribution >= 0.6 is 23.2 Å². The van der Waals surface area contributed by atoms with Crippen LogP contribution in [0.1, 0.15) is 16.1 Å². The van der Waals surface area contributed by atoms with E-state index in [1.165, 1.54) is 23.2 Å². The Hall–Kier alpha value is -2.35. The summed E-state index contributed by atoms with van der Waals surface area (Å²) in [6, 6.07) is 6.33. The van der Waals surface area contributed by atoms with Gasteiger partial charge in [-0.15, -0.1) is 0 Å². The molecule has 0 unspecified atom stereocenters. The molecule has 2 aromatic rings. The van der Waals surface area contributed by atoms with Crippen molar-refractivity contribution in [3.8, 4) is 5.75 Å². The fourth-order valence-corrected chi connectivity index (χ4v) is 3.22. The van der Waals surface area contributed by atoms with Gasteiger partial charge in [-0.25, -0.2) is 14.6 Å². The second-order valence-electron chi connectivity index (χ2n) is 5.92. The number of benzene rings is 1. The minimum atomic E-state index is -0.584. The first kappa shape index (κ1) is 17.1. The molecule has 0 saturated carbocycles. The Kier molecular flexibility index (Phi) is 4.44. The first-order chi connectivity index (χ1) is 12.5. The van der Waals surface area contributed by atoms with Crippen molar-refractivity contribution in [2.75, 3.05) is 18.0 Å². The summed E-state index contributed by atoms with van der Waals surface area (Å²) in [6.45, 7) is 1.52. The van der Waals surface area contributed by atoms with Gasteiger partial charge in [0.05, 0.1) is 23.5 Å². The van der Waals surface area contributed by atoms with Crippen LogP contribution in [0.5, 0.6) is 5.75 Å². The molecule has 1 amide bonds. The van der Waals surface area contributed by atoms with Crippen molar-refractivity contribution in [2.24, 2.45) is 0 Å². The summed E-state index contributed by atoms with van der Waals surface area (Å²) in [5.74, 6) is -0.187. The Labute approximate surface area is 158 Å². The molecule has 1 fully saturated rings. The summed E-state index contributed by atoms with van der Waals surface area (Å²) in [5, 5.41) is 3.75. The minimum Gasteiger partial charge on any atom is -0.455 e. The quantitative estimate of drug-likeness (QED) is 0.807. The monoisotopic (exact) mass is 393 g/mol. The Morgan fingerprint density at radius 3 is 2.77 bits per heavy atom. The standard InChI is InChI=1S/C17H13Cl2N3O4/c18-10-3-9-8-22(17(24)26-15(9)13(19)4-10)11-1-2-14(21-5-11)16(23)25-12-6-20-7-12/h1-5,12,20H,6-8H2. The van der Waals surface area contributed by atoms with Gasteiger partial charge in [-0.1, -0.05) is 23.2 Å². The van der Waals surface area contributed by atoms with E-state index < -0.39 is 12.1 Å². The number of esters is 1.